The number of carbonyl (C=O) groups excluding carboxylic acids is 1. The Balaban J connectivity index is 2.11. The van der Waals surface area contributed by atoms with E-state index < -0.39 is 0 Å². The smallest absolute Gasteiger partial charge is 0.255 e. The Morgan fingerprint density at radius 2 is 1.90 bits per heavy atom. The van der Waals surface area contributed by atoms with E-state index >= 15 is 0 Å². The molecule has 0 bridgehead atoms. The molecule has 0 aliphatic heterocycles. The Morgan fingerprint density at radius 1 is 1.20 bits per heavy atom. The quantitative estimate of drug-likeness (QED) is 0.900. The number of anilines is 1. The van der Waals surface area contributed by atoms with E-state index in [4.69, 9.17) is 5.73 Å². The van der Waals surface area contributed by atoms with Crippen LogP contribution in [0, 0.1) is 6.92 Å². The van der Waals surface area contributed by atoms with Gasteiger partial charge < -0.3 is 11.1 Å². The van der Waals surface area contributed by atoms with Crippen molar-refractivity contribution >= 4 is 27.5 Å². The molecule has 0 saturated heterocycles. The molecule has 0 atom stereocenters. The number of aryl methyl sites for hydroxylation is 1. The molecular formula is C16H17BrN2O. The fourth-order valence-corrected chi connectivity index (χ4v) is 2.43. The van der Waals surface area contributed by atoms with Gasteiger partial charge in [-0.25, -0.2) is 0 Å². The third-order valence-electron chi connectivity index (χ3n) is 3.09. The average Bonchev–Trinajstić information content (AvgIpc) is 2.43. The maximum absolute atomic E-state index is 12.2. The Hall–Kier alpha value is -1.65. The van der Waals surface area contributed by atoms with E-state index in [1.807, 2.05) is 49.4 Å². The summed E-state index contributed by atoms with van der Waals surface area (Å²) in [4.78, 5) is 12.2. The van der Waals surface area contributed by atoms with Gasteiger partial charge in [-0.1, -0.05) is 28.1 Å². The van der Waals surface area contributed by atoms with Gasteiger partial charge >= 0.3 is 0 Å². The van der Waals surface area contributed by atoms with Gasteiger partial charge in [0, 0.05) is 15.7 Å². The molecule has 2 rings (SSSR count). The number of amides is 1. The van der Waals surface area contributed by atoms with Gasteiger partial charge in [0.05, 0.1) is 0 Å². The zero-order valence-electron chi connectivity index (χ0n) is 11.3. The summed E-state index contributed by atoms with van der Waals surface area (Å²) in [7, 11) is 0. The largest absolute Gasteiger partial charge is 0.330 e. The topological polar surface area (TPSA) is 55.1 Å². The Morgan fingerprint density at radius 3 is 2.50 bits per heavy atom. The van der Waals surface area contributed by atoms with Gasteiger partial charge in [0.25, 0.3) is 5.91 Å². The molecule has 0 fully saturated rings. The number of nitrogens with two attached hydrogens (primary N) is 1. The second kappa shape index (κ2) is 6.68. The summed E-state index contributed by atoms with van der Waals surface area (Å²) >= 11 is 3.41. The van der Waals surface area contributed by atoms with Crippen LogP contribution in [0.25, 0.3) is 0 Å². The lowest BCUT2D eigenvalue weighted by molar-refractivity contribution is 0.102. The van der Waals surface area contributed by atoms with Gasteiger partial charge in [0.1, 0.15) is 0 Å². The van der Waals surface area contributed by atoms with E-state index in [0.29, 0.717) is 12.1 Å². The Kier molecular flexibility index (Phi) is 4.93. The lowest BCUT2D eigenvalue weighted by Gasteiger charge is -2.09. The molecule has 2 aromatic rings. The van der Waals surface area contributed by atoms with Gasteiger partial charge in [0.2, 0.25) is 0 Å². The van der Waals surface area contributed by atoms with Crippen molar-refractivity contribution in [2.45, 2.75) is 13.3 Å². The first-order valence-electron chi connectivity index (χ1n) is 6.46. The highest BCUT2D eigenvalue weighted by molar-refractivity contribution is 9.10. The molecule has 0 saturated carbocycles. The molecule has 0 aromatic heterocycles. The zero-order valence-corrected chi connectivity index (χ0v) is 12.9. The first kappa shape index (κ1) is 14.8. The van der Waals surface area contributed by atoms with Gasteiger partial charge in [-0.2, -0.15) is 0 Å². The SMILES string of the molecule is Cc1cc(Br)ccc1NC(=O)c1ccc(CCN)cc1. The van der Waals surface area contributed by atoms with E-state index in [9.17, 15) is 4.79 Å². The van der Waals surface area contributed by atoms with Crippen LogP contribution < -0.4 is 11.1 Å². The second-order valence-corrected chi connectivity index (χ2v) is 5.56. The molecule has 4 heteroatoms. The zero-order chi connectivity index (χ0) is 14.5. The van der Waals surface area contributed by atoms with Crippen LogP contribution >= 0.6 is 15.9 Å². The fraction of sp³-hybridized carbons (Fsp3) is 0.188. The lowest BCUT2D eigenvalue weighted by Crippen LogP contribution is -2.13. The summed E-state index contributed by atoms with van der Waals surface area (Å²) in [5.74, 6) is -0.102. The highest BCUT2D eigenvalue weighted by Crippen LogP contribution is 2.20. The number of hydrogen-bond donors (Lipinski definition) is 2. The molecule has 0 unspecified atom stereocenters. The van der Waals surface area contributed by atoms with Gasteiger partial charge in [-0.15, -0.1) is 0 Å². The predicted molar refractivity (Wildman–Crippen MR) is 86.0 cm³/mol. The van der Waals surface area contributed by atoms with Crippen LogP contribution in [0.15, 0.2) is 46.9 Å². The Labute approximate surface area is 127 Å². The van der Waals surface area contributed by atoms with E-state index in [-0.39, 0.29) is 5.91 Å². The summed E-state index contributed by atoms with van der Waals surface area (Å²) in [6.07, 6.45) is 0.827. The standard InChI is InChI=1S/C16H17BrN2O/c1-11-10-14(17)6-7-15(11)19-16(20)13-4-2-12(3-5-13)8-9-18/h2-7,10H,8-9,18H2,1H3,(H,19,20). The molecule has 0 spiro atoms. The van der Waals surface area contributed by atoms with Gasteiger partial charge in [-0.3, -0.25) is 4.79 Å². The average molecular weight is 333 g/mol. The highest BCUT2D eigenvalue weighted by Gasteiger charge is 2.07. The minimum atomic E-state index is -0.102. The molecule has 0 aliphatic rings. The van der Waals surface area contributed by atoms with Gasteiger partial charge in [-0.05, 0) is 61.3 Å². The van der Waals surface area contributed by atoms with E-state index in [1.54, 1.807) is 0 Å². The molecule has 104 valence electrons. The number of halogens is 1. The van der Waals surface area contributed by atoms with Crippen LogP contribution in [-0.4, -0.2) is 12.5 Å². The number of hydrogen-bond acceptors (Lipinski definition) is 2. The van der Waals surface area contributed by atoms with Gasteiger partial charge in [0.15, 0.2) is 0 Å². The second-order valence-electron chi connectivity index (χ2n) is 4.65. The summed E-state index contributed by atoms with van der Waals surface area (Å²) in [5, 5.41) is 2.92. The minimum absolute atomic E-state index is 0.102. The predicted octanol–water partition coefficient (Wildman–Crippen LogP) is 3.51. The van der Waals surface area contributed by atoms with Crippen molar-refractivity contribution in [1.82, 2.24) is 0 Å². The molecule has 3 nitrogen and oxygen atoms in total. The van der Waals surface area contributed by atoms with Crippen LogP contribution in [-0.2, 0) is 6.42 Å². The molecular weight excluding hydrogens is 316 g/mol. The van der Waals surface area contributed by atoms with Crippen LogP contribution in [0.3, 0.4) is 0 Å². The first-order valence-corrected chi connectivity index (χ1v) is 7.26. The molecule has 0 aliphatic carbocycles. The third kappa shape index (κ3) is 3.68. The molecule has 0 radical (unpaired) electrons. The van der Waals surface area contributed by atoms with Crippen molar-refractivity contribution in [2.24, 2.45) is 5.73 Å². The fourth-order valence-electron chi connectivity index (χ4n) is 1.95. The van der Waals surface area contributed by atoms with Crippen LogP contribution in [0.5, 0.6) is 0 Å². The molecule has 1 amide bonds. The third-order valence-corrected chi connectivity index (χ3v) is 3.58. The minimum Gasteiger partial charge on any atom is -0.330 e. The van der Waals surface area contributed by atoms with Crippen molar-refractivity contribution in [1.29, 1.82) is 0 Å². The maximum atomic E-state index is 12.2. The molecule has 20 heavy (non-hydrogen) atoms. The van der Waals surface area contributed by atoms with E-state index in [2.05, 4.69) is 21.2 Å². The van der Waals surface area contributed by atoms with Crippen molar-refractivity contribution in [3.8, 4) is 0 Å². The summed E-state index contributed by atoms with van der Waals surface area (Å²) in [6, 6.07) is 13.3. The van der Waals surface area contributed by atoms with Crippen LogP contribution in [0.1, 0.15) is 21.5 Å². The number of carbonyl (C=O) groups is 1. The van der Waals surface area contributed by atoms with Crippen molar-refractivity contribution in [2.75, 3.05) is 11.9 Å². The van der Waals surface area contributed by atoms with Crippen LogP contribution in [0.4, 0.5) is 5.69 Å². The highest BCUT2D eigenvalue weighted by atomic mass is 79.9. The lowest BCUT2D eigenvalue weighted by atomic mass is 10.1. The summed E-state index contributed by atoms with van der Waals surface area (Å²) < 4.78 is 0.999. The monoisotopic (exact) mass is 332 g/mol. The van der Waals surface area contributed by atoms with E-state index in [0.717, 1.165) is 27.7 Å². The number of nitrogens with one attached hydrogen (secondary N) is 1. The van der Waals surface area contributed by atoms with Crippen molar-refractivity contribution < 1.29 is 4.79 Å². The molecule has 0 heterocycles. The number of benzene rings is 2. The Bertz CT molecular complexity index is 608. The molecule has 2 aromatic carbocycles. The number of rotatable bonds is 4. The maximum Gasteiger partial charge on any atom is 0.255 e. The van der Waals surface area contributed by atoms with Crippen molar-refractivity contribution in [3.63, 3.8) is 0 Å². The normalized spacial score (nSPS) is 10.3. The van der Waals surface area contributed by atoms with Crippen molar-refractivity contribution in [3.05, 3.63) is 63.6 Å². The molecule has 3 N–H and O–H groups in total. The first-order chi connectivity index (χ1) is 9.60. The van der Waals surface area contributed by atoms with E-state index in [1.165, 1.54) is 0 Å². The summed E-state index contributed by atoms with van der Waals surface area (Å²) in [5.41, 5.74) is 9.14. The summed E-state index contributed by atoms with van der Waals surface area (Å²) in [6.45, 7) is 2.58. The van der Waals surface area contributed by atoms with Crippen LogP contribution in [0.2, 0.25) is 0 Å².